The van der Waals surface area contributed by atoms with Crippen molar-refractivity contribution >= 4 is 23.2 Å². The van der Waals surface area contributed by atoms with Gasteiger partial charge in [0, 0.05) is 10.7 Å². The van der Waals surface area contributed by atoms with Gasteiger partial charge in [0.1, 0.15) is 5.56 Å². The number of carbonyl (C=O) groups is 1. The van der Waals surface area contributed by atoms with Gasteiger partial charge in [-0.25, -0.2) is 8.78 Å². The minimum atomic E-state index is -1.85. The maximum atomic E-state index is 13.8. The van der Waals surface area contributed by atoms with Crippen molar-refractivity contribution in [1.82, 2.24) is 0 Å². The molecule has 1 amide bonds. The second-order valence-corrected chi connectivity index (χ2v) is 4.57. The summed E-state index contributed by atoms with van der Waals surface area (Å²) in [7, 11) is 0.839. The Balaban J connectivity index is 2.46. The lowest BCUT2D eigenvalue weighted by Crippen LogP contribution is -2.18. The van der Waals surface area contributed by atoms with Crippen molar-refractivity contribution in [3.63, 3.8) is 0 Å². The highest BCUT2D eigenvalue weighted by molar-refractivity contribution is 6.30. The SMILES string of the molecule is COc1c(F)c(F)c(C(=O)Nc2cccc(Cl)c2)c(F)c1F. The molecule has 2 aromatic carbocycles. The molecular formula is C14H8ClF4NO2. The van der Waals surface area contributed by atoms with Crippen LogP contribution in [0.4, 0.5) is 23.2 Å². The van der Waals surface area contributed by atoms with E-state index in [-0.39, 0.29) is 10.7 Å². The van der Waals surface area contributed by atoms with Crippen LogP contribution in [0.25, 0.3) is 0 Å². The highest BCUT2D eigenvalue weighted by atomic mass is 35.5. The molecule has 0 saturated heterocycles. The first-order valence-electron chi connectivity index (χ1n) is 5.83. The molecule has 0 bridgehead atoms. The quantitative estimate of drug-likeness (QED) is 0.676. The van der Waals surface area contributed by atoms with Gasteiger partial charge < -0.3 is 10.1 Å². The molecule has 0 unspecified atom stereocenters. The number of amides is 1. The average molecular weight is 334 g/mol. The third-order valence-corrected chi connectivity index (χ3v) is 2.97. The summed E-state index contributed by atoms with van der Waals surface area (Å²) in [5.74, 6) is -9.90. The number of hydrogen-bond donors (Lipinski definition) is 1. The van der Waals surface area contributed by atoms with E-state index >= 15 is 0 Å². The summed E-state index contributed by atoms with van der Waals surface area (Å²) in [5.41, 5.74) is -1.29. The average Bonchev–Trinajstić information content (AvgIpc) is 2.46. The van der Waals surface area contributed by atoms with Gasteiger partial charge >= 0.3 is 0 Å². The maximum Gasteiger partial charge on any atom is 0.261 e. The smallest absolute Gasteiger partial charge is 0.261 e. The predicted octanol–water partition coefficient (Wildman–Crippen LogP) is 4.16. The Bertz CT molecular complexity index is 723. The van der Waals surface area contributed by atoms with Crippen LogP contribution in [0.2, 0.25) is 5.02 Å². The summed E-state index contributed by atoms with van der Waals surface area (Å²) in [6.45, 7) is 0. The molecule has 0 fully saturated rings. The highest BCUT2D eigenvalue weighted by Crippen LogP contribution is 2.30. The Kier molecular flexibility index (Phi) is 4.56. The van der Waals surface area contributed by atoms with Crippen LogP contribution in [0.15, 0.2) is 24.3 Å². The summed E-state index contributed by atoms with van der Waals surface area (Å²) in [5, 5.41) is 2.35. The monoisotopic (exact) mass is 333 g/mol. The normalized spacial score (nSPS) is 10.5. The van der Waals surface area contributed by atoms with E-state index in [9.17, 15) is 22.4 Å². The number of ether oxygens (including phenoxy) is 1. The second-order valence-electron chi connectivity index (χ2n) is 4.13. The predicted molar refractivity (Wildman–Crippen MR) is 72.2 cm³/mol. The fourth-order valence-corrected chi connectivity index (χ4v) is 1.94. The van der Waals surface area contributed by atoms with Gasteiger partial charge in [0.2, 0.25) is 11.6 Å². The van der Waals surface area contributed by atoms with E-state index in [2.05, 4.69) is 10.1 Å². The molecule has 0 spiro atoms. The van der Waals surface area contributed by atoms with Crippen molar-refractivity contribution in [3.05, 3.63) is 58.1 Å². The van der Waals surface area contributed by atoms with Crippen molar-refractivity contribution in [2.45, 2.75) is 0 Å². The molecular weight excluding hydrogens is 326 g/mol. The number of halogens is 5. The molecule has 0 heterocycles. The Morgan fingerprint density at radius 2 is 1.68 bits per heavy atom. The number of methoxy groups -OCH3 is 1. The summed E-state index contributed by atoms with van der Waals surface area (Å²) in [6, 6.07) is 5.66. The van der Waals surface area contributed by atoms with Crippen LogP contribution in [-0.2, 0) is 0 Å². The van der Waals surface area contributed by atoms with E-state index in [1.165, 1.54) is 24.3 Å². The van der Waals surface area contributed by atoms with Crippen LogP contribution in [0.1, 0.15) is 10.4 Å². The van der Waals surface area contributed by atoms with Gasteiger partial charge in [-0.2, -0.15) is 8.78 Å². The first-order chi connectivity index (χ1) is 10.4. The molecule has 0 atom stereocenters. The van der Waals surface area contributed by atoms with E-state index in [1.807, 2.05) is 0 Å². The molecule has 22 heavy (non-hydrogen) atoms. The third-order valence-electron chi connectivity index (χ3n) is 2.74. The summed E-state index contributed by atoms with van der Waals surface area (Å²) in [4.78, 5) is 11.9. The highest BCUT2D eigenvalue weighted by Gasteiger charge is 2.30. The van der Waals surface area contributed by atoms with Crippen molar-refractivity contribution < 1.29 is 27.1 Å². The van der Waals surface area contributed by atoms with Gasteiger partial charge in [-0.05, 0) is 18.2 Å². The number of hydrogen-bond acceptors (Lipinski definition) is 2. The van der Waals surface area contributed by atoms with Gasteiger partial charge in [-0.15, -0.1) is 0 Å². The number of carbonyl (C=O) groups excluding carboxylic acids is 1. The summed E-state index contributed by atoms with van der Waals surface area (Å²) >= 11 is 5.69. The molecule has 0 aromatic heterocycles. The van der Waals surface area contributed by atoms with Crippen molar-refractivity contribution in [2.24, 2.45) is 0 Å². The van der Waals surface area contributed by atoms with E-state index in [1.54, 1.807) is 0 Å². The number of anilines is 1. The molecule has 0 aliphatic rings. The first kappa shape index (κ1) is 16.1. The topological polar surface area (TPSA) is 38.3 Å². The van der Waals surface area contributed by atoms with Crippen LogP contribution in [0, 0.1) is 23.3 Å². The molecule has 8 heteroatoms. The van der Waals surface area contributed by atoms with E-state index in [4.69, 9.17) is 11.6 Å². The van der Waals surface area contributed by atoms with E-state index in [0.717, 1.165) is 7.11 Å². The fourth-order valence-electron chi connectivity index (χ4n) is 1.75. The van der Waals surface area contributed by atoms with Gasteiger partial charge in [0.05, 0.1) is 7.11 Å². The summed E-state index contributed by atoms with van der Waals surface area (Å²) < 4.78 is 58.9. The molecule has 0 radical (unpaired) electrons. The number of rotatable bonds is 3. The number of nitrogens with one attached hydrogen (secondary N) is 1. The van der Waals surface area contributed by atoms with Crippen LogP contribution in [-0.4, -0.2) is 13.0 Å². The minimum Gasteiger partial charge on any atom is -0.491 e. The lowest BCUT2D eigenvalue weighted by atomic mass is 10.1. The Hall–Kier alpha value is -2.28. The maximum absolute atomic E-state index is 13.8. The molecule has 1 N–H and O–H groups in total. The third kappa shape index (κ3) is 2.85. The van der Waals surface area contributed by atoms with Gasteiger partial charge in [-0.3, -0.25) is 4.79 Å². The molecule has 2 rings (SSSR count). The standard InChI is InChI=1S/C14H8ClF4NO2/c1-22-13-11(18)9(16)8(10(17)12(13)19)14(21)20-7-4-2-3-6(15)5-7/h2-5H,1H3,(H,20,21). The lowest BCUT2D eigenvalue weighted by molar-refractivity contribution is 0.101. The fraction of sp³-hybridized carbons (Fsp3) is 0.0714. The molecule has 0 aliphatic heterocycles. The van der Waals surface area contributed by atoms with Crippen LogP contribution < -0.4 is 10.1 Å². The van der Waals surface area contributed by atoms with E-state index in [0.29, 0.717) is 0 Å². The van der Waals surface area contributed by atoms with Crippen molar-refractivity contribution in [2.75, 3.05) is 12.4 Å². The zero-order valence-electron chi connectivity index (χ0n) is 11.0. The molecule has 0 aliphatic carbocycles. The van der Waals surface area contributed by atoms with Crippen molar-refractivity contribution in [3.8, 4) is 5.75 Å². The molecule has 2 aromatic rings. The Morgan fingerprint density at radius 3 is 2.18 bits per heavy atom. The van der Waals surface area contributed by atoms with Gasteiger partial charge in [-0.1, -0.05) is 17.7 Å². The molecule has 0 saturated carbocycles. The van der Waals surface area contributed by atoms with E-state index < -0.39 is 40.5 Å². The zero-order chi connectivity index (χ0) is 16.4. The van der Waals surface area contributed by atoms with Crippen LogP contribution >= 0.6 is 11.6 Å². The van der Waals surface area contributed by atoms with Crippen LogP contribution in [0.3, 0.4) is 0 Å². The second kappa shape index (κ2) is 6.23. The summed E-state index contributed by atoms with van der Waals surface area (Å²) in [6.07, 6.45) is 0. The molecule has 116 valence electrons. The Labute approximate surface area is 127 Å². The largest absolute Gasteiger partial charge is 0.491 e. The first-order valence-corrected chi connectivity index (χ1v) is 6.21. The number of benzene rings is 2. The minimum absolute atomic E-state index is 0.105. The zero-order valence-corrected chi connectivity index (χ0v) is 11.8. The van der Waals surface area contributed by atoms with Gasteiger partial charge in [0.25, 0.3) is 5.91 Å². The van der Waals surface area contributed by atoms with Crippen LogP contribution in [0.5, 0.6) is 5.75 Å². The van der Waals surface area contributed by atoms with Crippen molar-refractivity contribution in [1.29, 1.82) is 0 Å². The Morgan fingerprint density at radius 1 is 1.09 bits per heavy atom. The lowest BCUT2D eigenvalue weighted by Gasteiger charge is -2.11. The molecule has 3 nitrogen and oxygen atoms in total. The van der Waals surface area contributed by atoms with Gasteiger partial charge in [0.15, 0.2) is 17.4 Å².